The lowest BCUT2D eigenvalue weighted by atomic mass is 10.1. The molecule has 2 aliphatic carbocycles. The Bertz CT molecular complexity index is 240. The van der Waals surface area contributed by atoms with Crippen molar-refractivity contribution in [3.63, 3.8) is 0 Å². The monoisotopic (exact) mass is 224 g/mol. The topological polar surface area (TPSA) is 15.3 Å². The Kier molecular flexibility index (Phi) is 3.33. The fourth-order valence-electron chi connectivity index (χ4n) is 2.69. The van der Waals surface area contributed by atoms with E-state index < -0.39 is 0 Å². The Morgan fingerprint density at radius 2 is 1.94 bits per heavy atom. The number of hydrogen-bond acceptors (Lipinski definition) is 2. The van der Waals surface area contributed by atoms with Crippen molar-refractivity contribution in [3.05, 3.63) is 0 Å². The normalized spacial score (nSPS) is 31.9. The van der Waals surface area contributed by atoms with Crippen molar-refractivity contribution in [3.8, 4) is 0 Å². The average molecular weight is 224 g/mol. The molecule has 16 heavy (non-hydrogen) atoms. The number of rotatable bonds is 5. The van der Waals surface area contributed by atoms with Crippen LogP contribution in [0.15, 0.2) is 0 Å². The minimum Gasteiger partial charge on any atom is -0.309 e. The molecule has 2 heteroatoms. The molecule has 94 valence electrons. The van der Waals surface area contributed by atoms with Crippen LogP contribution < -0.4 is 5.32 Å². The maximum absolute atomic E-state index is 3.71. The summed E-state index contributed by atoms with van der Waals surface area (Å²) < 4.78 is 0. The number of hydrogen-bond donors (Lipinski definition) is 1. The van der Waals surface area contributed by atoms with Crippen LogP contribution >= 0.6 is 0 Å². The van der Waals surface area contributed by atoms with Gasteiger partial charge in [0.05, 0.1) is 0 Å². The number of nitrogens with one attached hydrogen (secondary N) is 1. The van der Waals surface area contributed by atoms with Gasteiger partial charge in [-0.15, -0.1) is 0 Å². The first-order valence-corrected chi connectivity index (χ1v) is 6.86. The van der Waals surface area contributed by atoms with E-state index in [1.165, 1.54) is 25.7 Å². The third kappa shape index (κ3) is 3.46. The Balaban J connectivity index is 1.68. The van der Waals surface area contributed by atoms with Crippen LogP contribution in [0.5, 0.6) is 0 Å². The van der Waals surface area contributed by atoms with Gasteiger partial charge in [0, 0.05) is 23.7 Å². The summed E-state index contributed by atoms with van der Waals surface area (Å²) in [7, 11) is 2.30. The van der Waals surface area contributed by atoms with Gasteiger partial charge < -0.3 is 10.2 Å². The van der Waals surface area contributed by atoms with Crippen molar-refractivity contribution < 1.29 is 0 Å². The second kappa shape index (κ2) is 4.30. The van der Waals surface area contributed by atoms with Crippen LogP contribution in [-0.4, -0.2) is 35.6 Å². The quantitative estimate of drug-likeness (QED) is 0.772. The van der Waals surface area contributed by atoms with Crippen LogP contribution in [0.3, 0.4) is 0 Å². The van der Waals surface area contributed by atoms with Gasteiger partial charge in [-0.25, -0.2) is 0 Å². The molecule has 0 heterocycles. The van der Waals surface area contributed by atoms with E-state index in [2.05, 4.69) is 45.0 Å². The molecule has 0 aliphatic heterocycles. The summed E-state index contributed by atoms with van der Waals surface area (Å²) in [6, 6.07) is 2.46. The molecule has 0 aromatic carbocycles. The van der Waals surface area contributed by atoms with Gasteiger partial charge in [-0.3, -0.25) is 0 Å². The summed E-state index contributed by atoms with van der Waals surface area (Å²) in [6.07, 6.45) is 5.62. The molecule has 2 fully saturated rings. The predicted molar refractivity (Wildman–Crippen MR) is 69.6 cm³/mol. The molecule has 0 bridgehead atoms. The van der Waals surface area contributed by atoms with E-state index in [9.17, 15) is 0 Å². The Morgan fingerprint density at radius 3 is 2.44 bits per heavy atom. The highest BCUT2D eigenvalue weighted by atomic mass is 15.2. The van der Waals surface area contributed by atoms with Crippen molar-refractivity contribution in [2.45, 2.75) is 77.0 Å². The van der Waals surface area contributed by atoms with Crippen LogP contribution in [0.2, 0.25) is 0 Å². The van der Waals surface area contributed by atoms with Gasteiger partial charge in [0.25, 0.3) is 0 Å². The zero-order valence-corrected chi connectivity index (χ0v) is 11.6. The summed E-state index contributed by atoms with van der Waals surface area (Å²) >= 11 is 0. The lowest BCUT2D eigenvalue weighted by Crippen LogP contribution is -2.39. The fraction of sp³-hybridized carbons (Fsp3) is 1.00. The lowest BCUT2D eigenvalue weighted by Gasteiger charge is -2.25. The standard InChI is InChI=1S/C14H28N2/c1-10(16(5)12-6-7-12)8-11-9-13(11)15-14(2,3)4/h10-13,15H,6-9H2,1-5H3. The van der Waals surface area contributed by atoms with E-state index in [1.807, 2.05) is 0 Å². The Hall–Kier alpha value is -0.0800. The van der Waals surface area contributed by atoms with Crippen molar-refractivity contribution in [1.29, 1.82) is 0 Å². The smallest absolute Gasteiger partial charge is 0.0105 e. The zero-order valence-electron chi connectivity index (χ0n) is 11.6. The third-order valence-corrected chi connectivity index (χ3v) is 4.00. The summed E-state index contributed by atoms with van der Waals surface area (Å²) in [5.74, 6) is 0.926. The first kappa shape index (κ1) is 12.4. The summed E-state index contributed by atoms with van der Waals surface area (Å²) in [5, 5.41) is 3.71. The van der Waals surface area contributed by atoms with Crippen LogP contribution in [0.1, 0.15) is 53.4 Å². The van der Waals surface area contributed by atoms with Gasteiger partial charge in [0.1, 0.15) is 0 Å². The van der Waals surface area contributed by atoms with Crippen molar-refractivity contribution >= 4 is 0 Å². The minimum atomic E-state index is 0.283. The summed E-state index contributed by atoms with van der Waals surface area (Å²) in [4.78, 5) is 2.59. The highest BCUT2D eigenvalue weighted by Crippen LogP contribution is 2.38. The molecular formula is C14H28N2. The molecule has 2 rings (SSSR count). The number of nitrogens with zero attached hydrogens (tertiary/aromatic N) is 1. The molecule has 0 spiro atoms. The van der Waals surface area contributed by atoms with E-state index in [1.54, 1.807) is 0 Å². The second-order valence-corrected chi connectivity index (χ2v) is 6.98. The Labute approximate surface area is 101 Å². The van der Waals surface area contributed by atoms with Crippen LogP contribution in [0, 0.1) is 5.92 Å². The van der Waals surface area contributed by atoms with Crippen molar-refractivity contribution in [2.24, 2.45) is 5.92 Å². The molecule has 0 aromatic heterocycles. The van der Waals surface area contributed by atoms with Crippen molar-refractivity contribution in [2.75, 3.05) is 7.05 Å². The average Bonchev–Trinajstić information content (AvgIpc) is 2.97. The highest BCUT2D eigenvalue weighted by Gasteiger charge is 2.41. The lowest BCUT2D eigenvalue weighted by molar-refractivity contribution is 0.226. The van der Waals surface area contributed by atoms with E-state index in [0.717, 1.165) is 24.0 Å². The van der Waals surface area contributed by atoms with Gasteiger partial charge in [-0.1, -0.05) is 0 Å². The molecular weight excluding hydrogens is 196 g/mol. The van der Waals surface area contributed by atoms with Crippen LogP contribution in [0.25, 0.3) is 0 Å². The first-order chi connectivity index (χ1) is 7.37. The maximum Gasteiger partial charge on any atom is 0.0105 e. The van der Waals surface area contributed by atoms with Crippen LogP contribution in [-0.2, 0) is 0 Å². The van der Waals surface area contributed by atoms with Crippen LogP contribution in [0.4, 0.5) is 0 Å². The van der Waals surface area contributed by atoms with E-state index >= 15 is 0 Å². The minimum absolute atomic E-state index is 0.283. The van der Waals surface area contributed by atoms with E-state index in [0.29, 0.717) is 0 Å². The molecule has 2 nitrogen and oxygen atoms in total. The molecule has 0 amide bonds. The van der Waals surface area contributed by atoms with Gasteiger partial charge in [0.15, 0.2) is 0 Å². The highest BCUT2D eigenvalue weighted by molar-refractivity contribution is 4.98. The molecule has 2 saturated carbocycles. The van der Waals surface area contributed by atoms with Gasteiger partial charge in [0.2, 0.25) is 0 Å². The summed E-state index contributed by atoms with van der Waals surface area (Å²) in [6.45, 7) is 9.19. The van der Waals surface area contributed by atoms with Crippen molar-refractivity contribution in [1.82, 2.24) is 10.2 Å². The maximum atomic E-state index is 3.71. The summed E-state index contributed by atoms with van der Waals surface area (Å²) in [5.41, 5.74) is 0.283. The molecule has 0 saturated heterocycles. The van der Waals surface area contributed by atoms with Gasteiger partial charge in [-0.05, 0) is 66.3 Å². The predicted octanol–water partition coefficient (Wildman–Crippen LogP) is 2.64. The van der Waals surface area contributed by atoms with E-state index in [4.69, 9.17) is 0 Å². The zero-order chi connectivity index (χ0) is 11.9. The molecule has 0 aromatic rings. The molecule has 0 radical (unpaired) electrons. The van der Waals surface area contributed by atoms with E-state index in [-0.39, 0.29) is 5.54 Å². The molecule has 1 N–H and O–H groups in total. The van der Waals surface area contributed by atoms with Gasteiger partial charge >= 0.3 is 0 Å². The molecule has 2 aliphatic rings. The molecule has 3 unspecified atom stereocenters. The SMILES string of the molecule is CC(CC1CC1NC(C)(C)C)N(C)C1CC1. The fourth-order valence-corrected chi connectivity index (χ4v) is 2.69. The third-order valence-electron chi connectivity index (χ3n) is 4.00. The van der Waals surface area contributed by atoms with Gasteiger partial charge in [-0.2, -0.15) is 0 Å². The second-order valence-electron chi connectivity index (χ2n) is 6.98. The molecule has 3 atom stereocenters. The first-order valence-electron chi connectivity index (χ1n) is 6.86. The Morgan fingerprint density at radius 1 is 1.31 bits per heavy atom. The largest absolute Gasteiger partial charge is 0.309 e.